The normalized spacial score (nSPS) is 15.4. The van der Waals surface area contributed by atoms with E-state index in [2.05, 4.69) is 0 Å². The van der Waals surface area contributed by atoms with Gasteiger partial charge in [0.15, 0.2) is 0 Å². The van der Waals surface area contributed by atoms with E-state index in [1.807, 2.05) is 0 Å². The van der Waals surface area contributed by atoms with Crippen molar-refractivity contribution in [2.45, 2.75) is 50.6 Å². The Kier molecular flexibility index (Phi) is 9.29. The smallest absolute Gasteiger partial charge is 0.0163 e. The molecule has 0 aromatic rings. The van der Waals surface area contributed by atoms with Crippen LogP contribution in [0.25, 0.3) is 0 Å². The molecule has 2 unspecified atom stereocenters. The highest BCUT2D eigenvalue weighted by Crippen LogP contribution is 2.07. The predicted octanol–water partition coefficient (Wildman–Crippen LogP) is -0.101. The van der Waals surface area contributed by atoms with Crippen LogP contribution < -0.4 is 22.9 Å². The Morgan fingerprint density at radius 1 is 0.643 bits per heavy atom. The monoisotopic (exact) mass is 202 g/mol. The summed E-state index contributed by atoms with van der Waals surface area (Å²) in [7, 11) is 0. The van der Waals surface area contributed by atoms with Gasteiger partial charge in [0.25, 0.3) is 0 Å². The van der Waals surface area contributed by atoms with Crippen molar-refractivity contribution in [2.24, 2.45) is 22.9 Å². The molecule has 0 heterocycles. The van der Waals surface area contributed by atoms with Crippen LogP contribution in [0.3, 0.4) is 0 Å². The van der Waals surface area contributed by atoms with E-state index in [-0.39, 0.29) is 12.1 Å². The molecule has 0 saturated carbocycles. The van der Waals surface area contributed by atoms with E-state index in [1.165, 1.54) is 25.7 Å². The lowest BCUT2D eigenvalue weighted by Gasteiger charge is -2.09. The molecule has 0 bridgehead atoms. The second kappa shape index (κ2) is 9.40. The first-order chi connectivity index (χ1) is 6.70. The molecule has 0 aliphatic carbocycles. The van der Waals surface area contributed by atoms with Gasteiger partial charge in [-0.2, -0.15) is 0 Å². The summed E-state index contributed by atoms with van der Waals surface area (Å²) < 4.78 is 0. The molecule has 0 fully saturated rings. The van der Waals surface area contributed by atoms with Crippen LogP contribution in [0.5, 0.6) is 0 Å². The lowest BCUT2D eigenvalue weighted by molar-refractivity contribution is 0.517. The van der Waals surface area contributed by atoms with Gasteiger partial charge in [-0.15, -0.1) is 0 Å². The molecule has 0 spiro atoms. The minimum atomic E-state index is 0.182. The molecule has 8 N–H and O–H groups in total. The summed E-state index contributed by atoms with van der Waals surface area (Å²) in [5.41, 5.74) is 22.2. The van der Waals surface area contributed by atoms with Gasteiger partial charge in [-0.05, 0) is 12.8 Å². The molecule has 0 aliphatic heterocycles. The van der Waals surface area contributed by atoms with Crippen molar-refractivity contribution < 1.29 is 0 Å². The third kappa shape index (κ3) is 8.44. The first-order valence-corrected chi connectivity index (χ1v) is 5.62. The molecular weight excluding hydrogens is 176 g/mol. The van der Waals surface area contributed by atoms with Gasteiger partial charge in [0.05, 0.1) is 0 Å². The van der Waals surface area contributed by atoms with Gasteiger partial charge in [0.1, 0.15) is 0 Å². The largest absolute Gasteiger partial charge is 0.329 e. The maximum Gasteiger partial charge on any atom is 0.0163 e. The maximum atomic E-state index is 5.70. The zero-order valence-electron chi connectivity index (χ0n) is 9.12. The van der Waals surface area contributed by atoms with Gasteiger partial charge in [-0.25, -0.2) is 0 Å². The fraction of sp³-hybridized carbons (Fsp3) is 1.00. The van der Waals surface area contributed by atoms with Gasteiger partial charge in [0, 0.05) is 25.2 Å². The molecule has 2 atom stereocenters. The molecule has 86 valence electrons. The lowest BCUT2D eigenvalue weighted by atomic mass is 10.0. The molecule has 0 aromatic carbocycles. The number of rotatable bonds is 9. The summed E-state index contributed by atoms with van der Waals surface area (Å²) in [5, 5.41) is 0. The van der Waals surface area contributed by atoms with Crippen LogP contribution in [0.15, 0.2) is 0 Å². The zero-order chi connectivity index (χ0) is 10.8. The maximum absolute atomic E-state index is 5.70. The van der Waals surface area contributed by atoms with Crippen molar-refractivity contribution in [2.75, 3.05) is 13.1 Å². The molecular formula is C10H26N4. The number of nitrogens with two attached hydrogens (primary N) is 4. The van der Waals surface area contributed by atoms with Crippen molar-refractivity contribution in [3.05, 3.63) is 0 Å². The van der Waals surface area contributed by atoms with E-state index in [0.717, 1.165) is 12.8 Å². The zero-order valence-corrected chi connectivity index (χ0v) is 9.12. The number of hydrogen-bond donors (Lipinski definition) is 4. The average molecular weight is 202 g/mol. The van der Waals surface area contributed by atoms with Crippen molar-refractivity contribution in [3.63, 3.8) is 0 Å². The molecule has 0 aromatic heterocycles. The van der Waals surface area contributed by atoms with E-state index in [1.54, 1.807) is 0 Å². The molecule has 4 heteroatoms. The van der Waals surface area contributed by atoms with Crippen molar-refractivity contribution >= 4 is 0 Å². The molecule has 4 nitrogen and oxygen atoms in total. The standard InChI is InChI=1S/C10H26N4/c11-7-9(13)5-3-1-2-4-6-10(14)8-12/h9-10H,1-8,11-14H2. The number of hydrogen-bond acceptors (Lipinski definition) is 4. The lowest BCUT2D eigenvalue weighted by Crippen LogP contribution is -2.29. The topological polar surface area (TPSA) is 104 Å². The van der Waals surface area contributed by atoms with Crippen LogP contribution in [-0.2, 0) is 0 Å². The quantitative estimate of drug-likeness (QED) is 0.392. The van der Waals surface area contributed by atoms with Crippen molar-refractivity contribution in [1.82, 2.24) is 0 Å². The van der Waals surface area contributed by atoms with Gasteiger partial charge >= 0.3 is 0 Å². The minimum Gasteiger partial charge on any atom is -0.329 e. The second-order valence-electron chi connectivity index (χ2n) is 3.98. The third-order valence-corrected chi connectivity index (χ3v) is 2.51. The highest BCUT2D eigenvalue weighted by Gasteiger charge is 2.00. The van der Waals surface area contributed by atoms with Crippen molar-refractivity contribution in [3.8, 4) is 0 Å². The van der Waals surface area contributed by atoms with E-state index in [9.17, 15) is 0 Å². The Labute approximate surface area is 87.4 Å². The van der Waals surface area contributed by atoms with Crippen LogP contribution in [0.4, 0.5) is 0 Å². The predicted molar refractivity (Wildman–Crippen MR) is 61.8 cm³/mol. The first kappa shape index (κ1) is 13.8. The summed E-state index contributed by atoms with van der Waals surface area (Å²) >= 11 is 0. The van der Waals surface area contributed by atoms with E-state index < -0.39 is 0 Å². The number of unbranched alkanes of at least 4 members (excludes halogenated alkanes) is 3. The second-order valence-corrected chi connectivity index (χ2v) is 3.98. The molecule has 0 saturated heterocycles. The molecule has 0 rings (SSSR count). The van der Waals surface area contributed by atoms with E-state index in [4.69, 9.17) is 22.9 Å². The van der Waals surface area contributed by atoms with Gasteiger partial charge in [-0.1, -0.05) is 25.7 Å². The first-order valence-electron chi connectivity index (χ1n) is 5.62. The molecule has 0 aliphatic rings. The summed E-state index contributed by atoms with van der Waals surface area (Å²) in [6.45, 7) is 1.19. The van der Waals surface area contributed by atoms with Gasteiger partial charge in [0.2, 0.25) is 0 Å². The molecule has 0 amide bonds. The minimum absolute atomic E-state index is 0.182. The summed E-state index contributed by atoms with van der Waals surface area (Å²) in [6.07, 6.45) is 6.89. The summed E-state index contributed by atoms with van der Waals surface area (Å²) in [6, 6.07) is 0.364. The molecule has 0 radical (unpaired) electrons. The Morgan fingerprint density at radius 3 is 1.29 bits per heavy atom. The van der Waals surface area contributed by atoms with E-state index >= 15 is 0 Å². The Bertz CT molecular complexity index is 105. The fourth-order valence-electron chi connectivity index (χ4n) is 1.40. The average Bonchev–Trinajstić information content (AvgIpc) is 2.22. The van der Waals surface area contributed by atoms with Crippen LogP contribution >= 0.6 is 0 Å². The Morgan fingerprint density at radius 2 is 1.00 bits per heavy atom. The van der Waals surface area contributed by atoms with Crippen LogP contribution in [0.1, 0.15) is 38.5 Å². The van der Waals surface area contributed by atoms with Crippen LogP contribution in [0, 0.1) is 0 Å². The summed E-state index contributed by atoms with van der Waals surface area (Å²) in [5.74, 6) is 0. The van der Waals surface area contributed by atoms with Crippen LogP contribution in [0.2, 0.25) is 0 Å². The Hall–Kier alpha value is -0.160. The molecule has 14 heavy (non-hydrogen) atoms. The highest BCUT2D eigenvalue weighted by molar-refractivity contribution is 4.63. The third-order valence-electron chi connectivity index (χ3n) is 2.51. The van der Waals surface area contributed by atoms with E-state index in [0.29, 0.717) is 13.1 Å². The van der Waals surface area contributed by atoms with Crippen LogP contribution in [-0.4, -0.2) is 25.2 Å². The Balaban J connectivity index is 3.06. The fourth-order valence-corrected chi connectivity index (χ4v) is 1.40. The van der Waals surface area contributed by atoms with Gasteiger partial charge < -0.3 is 22.9 Å². The SMILES string of the molecule is NCC(N)CCCCCCC(N)CN. The summed E-state index contributed by atoms with van der Waals surface area (Å²) in [4.78, 5) is 0. The van der Waals surface area contributed by atoms with Gasteiger partial charge in [-0.3, -0.25) is 0 Å². The van der Waals surface area contributed by atoms with Crippen molar-refractivity contribution in [1.29, 1.82) is 0 Å². The highest BCUT2D eigenvalue weighted by atomic mass is 14.7.